The van der Waals surface area contributed by atoms with Crippen molar-refractivity contribution in [3.05, 3.63) is 71.0 Å². The molecule has 1 N–H and O–H groups in total. The highest BCUT2D eigenvalue weighted by molar-refractivity contribution is 7.99. The van der Waals surface area contributed by atoms with Crippen molar-refractivity contribution in [1.82, 2.24) is 15.3 Å². The van der Waals surface area contributed by atoms with Gasteiger partial charge in [0.15, 0.2) is 0 Å². The van der Waals surface area contributed by atoms with Gasteiger partial charge in [0.05, 0.1) is 34.2 Å². The molecule has 1 unspecified atom stereocenters. The van der Waals surface area contributed by atoms with E-state index in [9.17, 15) is 4.79 Å². The van der Waals surface area contributed by atoms with Crippen molar-refractivity contribution < 1.29 is 4.79 Å². The molecular weight excluding hydrogens is 342 g/mol. The van der Waals surface area contributed by atoms with Crippen molar-refractivity contribution >= 4 is 28.7 Å². The summed E-state index contributed by atoms with van der Waals surface area (Å²) >= 11 is 1.56. The first-order valence-electron chi connectivity index (χ1n) is 8.69. The zero-order chi connectivity index (χ0) is 18.5. The lowest BCUT2D eigenvalue weighted by atomic mass is 10.0. The van der Waals surface area contributed by atoms with Crippen LogP contribution in [0.25, 0.3) is 11.0 Å². The Hall–Kier alpha value is -2.40. The Morgan fingerprint density at radius 3 is 2.42 bits per heavy atom. The number of nitrogens with zero attached hydrogens (tertiary/aromatic N) is 2. The van der Waals surface area contributed by atoms with Gasteiger partial charge in [-0.3, -0.25) is 4.79 Å². The summed E-state index contributed by atoms with van der Waals surface area (Å²) in [5.41, 5.74) is 6.00. The maximum Gasteiger partial charge on any atom is 0.230 e. The van der Waals surface area contributed by atoms with E-state index in [0.717, 1.165) is 28.0 Å². The molecule has 0 spiro atoms. The zero-order valence-electron chi connectivity index (χ0n) is 15.3. The zero-order valence-corrected chi connectivity index (χ0v) is 16.1. The van der Waals surface area contributed by atoms with Crippen LogP contribution < -0.4 is 5.32 Å². The maximum atomic E-state index is 12.3. The van der Waals surface area contributed by atoms with E-state index >= 15 is 0 Å². The molecule has 0 saturated heterocycles. The SMILES string of the molecule is Cc1ccccc1C(C)NC(=O)CSCc1nc2ccccc2nc1C. The Balaban J connectivity index is 1.55. The quantitative estimate of drug-likeness (QED) is 0.705. The second-order valence-electron chi connectivity index (χ2n) is 6.38. The number of carbonyl (C=O) groups excluding carboxylic acids is 1. The Kier molecular flexibility index (Phi) is 5.89. The highest BCUT2D eigenvalue weighted by atomic mass is 32.2. The van der Waals surface area contributed by atoms with Gasteiger partial charge in [0, 0.05) is 5.75 Å². The predicted octanol–water partition coefficient (Wildman–Crippen LogP) is 4.36. The van der Waals surface area contributed by atoms with Gasteiger partial charge in [-0.1, -0.05) is 36.4 Å². The molecule has 1 heterocycles. The van der Waals surface area contributed by atoms with Gasteiger partial charge in [0.2, 0.25) is 5.91 Å². The van der Waals surface area contributed by atoms with Gasteiger partial charge in [0.25, 0.3) is 0 Å². The Labute approximate surface area is 158 Å². The summed E-state index contributed by atoms with van der Waals surface area (Å²) in [5, 5.41) is 3.07. The molecule has 0 aliphatic heterocycles. The van der Waals surface area contributed by atoms with Crippen molar-refractivity contribution in [3.63, 3.8) is 0 Å². The van der Waals surface area contributed by atoms with Crippen LogP contribution in [0.3, 0.4) is 0 Å². The van der Waals surface area contributed by atoms with Crippen molar-refractivity contribution in [2.24, 2.45) is 0 Å². The number of nitrogens with one attached hydrogen (secondary N) is 1. The normalized spacial score (nSPS) is 12.1. The van der Waals surface area contributed by atoms with Crippen LogP contribution in [0.4, 0.5) is 0 Å². The van der Waals surface area contributed by atoms with Gasteiger partial charge in [0.1, 0.15) is 0 Å². The van der Waals surface area contributed by atoms with E-state index in [0.29, 0.717) is 11.5 Å². The largest absolute Gasteiger partial charge is 0.349 e. The van der Waals surface area contributed by atoms with Crippen LogP contribution in [0.5, 0.6) is 0 Å². The lowest BCUT2D eigenvalue weighted by Crippen LogP contribution is -2.28. The summed E-state index contributed by atoms with van der Waals surface area (Å²) in [6.07, 6.45) is 0. The van der Waals surface area contributed by atoms with Crippen LogP contribution in [0, 0.1) is 13.8 Å². The molecule has 26 heavy (non-hydrogen) atoms. The molecule has 0 radical (unpaired) electrons. The fourth-order valence-corrected chi connectivity index (χ4v) is 3.77. The van der Waals surface area contributed by atoms with Gasteiger partial charge < -0.3 is 5.32 Å². The van der Waals surface area contributed by atoms with Gasteiger partial charge in [-0.25, -0.2) is 9.97 Å². The maximum absolute atomic E-state index is 12.3. The number of hydrogen-bond acceptors (Lipinski definition) is 4. The molecule has 0 bridgehead atoms. The van der Waals surface area contributed by atoms with Crippen molar-refractivity contribution in [1.29, 1.82) is 0 Å². The molecule has 1 amide bonds. The van der Waals surface area contributed by atoms with Crippen molar-refractivity contribution in [2.45, 2.75) is 32.6 Å². The topological polar surface area (TPSA) is 54.9 Å². The average Bonchev–Trinajstić information content (AvgIpc) is 2.62. The van der Waals surface area contributed by atoms with Crippen molar-refractivity contribution in [2.75, 3.05) is 5.75 Å². The van der Waals surface area contributed by atoms with Crippen LogP contribution in [0.1, 0.15) is 35.5 Å². The summed E-state index contributed by atoms with van der Waals surface area (Å²) in [6, 6.07) is 16.0. The minimum absolute atomic E-state index is 0.00602. The number of rotatable bonds is 6. The van der Waals surface area contributed by atoms with Crippen LogP contribution in [0.15, 0.2) is 48.5 Å². The van der Waals surface area contributed by atoms with Gasteiger partial charge in [-0.2, -0.15) is 0 Å². The van der Waals surface area contributed by atoms with Crippen LogP contribution in [-0.2, 0) is 10.5 Å². The lowest BCUT2D eigenvalue weighted by molar-refractivity contribution is -0.119. The third-order valence-electron chi connectivity index (χ3n) is 4.35. The molecule has 134 valence electrons. The third kappa shape index (κ3) is 4.41. The van der Waals surface area contributed by atoms with Gasteiger partial charge >= 0.3 is 0 Å². The Bertz CT molecular complexity index is 926. The molecule has 2 aromatic carbocycles. The van der Waals surface area contributed by atoms with Gasteiger partial charge in [-0.15, -0.1) is 11.8 Å². The Morgan fingerprint density at radius 2 is 1.69 bits per heavy atom. The fourth-order valence-electron chi connectivity index (χ4n) is 2.94. The monoisotopic (exact) mass is 365 g/mol. The van der Waals surface area contributed by atoms with Gasteiger partial charge in [-0.05, 0) is 44.0 Å². The number of thioether (sulfide) groups is 1. The minimum Gasteiger partial charge on any atom is -0.349 e. The lowest BCUT2D eigenvalue weighted by Gasteiger charge is -2.16. The second-order valence-corrected chi connectivity index (χ2v) is 7.37. The summed E-state index contributed by atoms with van der Waals surface area (Å²) < 4.78 is 0. The first kappa shape index (κ1) is 18.4. The van der Waals surface area contributed by atoms with Crippen LogP contribution >= 0.6 is 11.8 Å². The van der Waals surface area contributed by atoms with E-state index in [-0.39, 0.29) is 11.9 Å². The molecule has 1 aromatic heterocycles. The molecule has 0 aliphatic carbocycles. The first-order valence-corrected chi connectivity index (χ1v) is 9.85. The smallest absolute Gasteiger partial charge is 0.230 e. The van der Waals surface area contributed by atoms with Crippen molar-refractivity contribution in [3.8, 4) is 0 Å². The number of carbonyl (C=O) groups is 1. The highest BCUT2D eigenvalue weighted by Crippen LogP contribution is 2.19. The number of hydrogen-bond donors (Lipinski definition) is 1. The highest BCUT2D eigenvalue weighted by Gasteiger charge is 2.12. The number of aryl methyl sites for hydroxylation is 2. The summed E-state index contributed by atoms with van der Waals surface area (Å²) in [5.74, 6) is 1.12. The Morgan fingerprint density at radius 1 is 1.04 bits per heavy atom. The second kappa shape index (κ2) is 8.32. The van der Waals surface area contributed by atoms with E-state index in [4.69, 9.17) is 0 Å². The molecular formula is C21H23N3OS. The van der Waals surface area contributed by atoms with E-state index in [2.05, 4.69) is 34.3 Å². The van der Waals surface area contributed by atoms with E-state index in [1.54, 1.807) is 11.8 Å². The molecule has 0 saturated carbocycles. The van der Waals surface area contributed by atoms with E-state index in [1.165, 1.54) is 5.56 Å². The summed E-state index contributed by atoms with van der Waals surface area (Å²) in [4.78, 5) is 21.5. The molecule has 3 rings (SSSR count). The van der Waals surface area contributed by atoms with E-state index in [1.807, 2.05) is 50.2 Å². The standard InChI is InChI=1S/C21H23N3OS/c1-14-8-4-5-9-17(14)15(2)23-21(25)13-26-12-20-16(3)22-18-10-6-7-11-19(18)24-20/h4-11,15H,12-13H2,1-3H3,(H,23,25). The number of fused-ring (bicyclic) bond motifs is 1. The summed E-state index contributed by atoms with van der Waals surface area (Å²) in [7, 11) is 0. The predicted molar refractivity (Wildman–Crippen MR) is 108 cm³/mol. The number of amides is 1. The average molecular weight is 366 g/mol. The molecule has 4 nitrogen and oxygen atoms in total. The molecule has 0 fully saturated rings. The fraction of sp³-hybridized carbons (Fsp3) is 0.286. The van der Waals surface area contributed by atoms with Crippen LogP contribution in [-0.4, -0.2) is 21.6 Å². The molecule has 0 aliphatic rings. The molecule has 5 heteroatoms. The van der Waals surface area contributed by atoms with Crippen LogP contribution in [0.2, 0.25) is 0 Å². The van der Waals surface area contributed by atoms with E-state index < -0.39 is 0 Å². The third-order valence-corrected chi connectivity index (χ3v) is 5.29. The molecule has 3 aromatic rings. The number of aromatic nitrogens is 2. The number of benzene rings is 2. The number of para-hydroxylation sites is 2. The minimum atomic E-state index is 0.00602. The molecule has 1 atom stereocenters. The summed E-state index contributed by atoms with van der Waals surface area (Å²) in [6.45, 7) is 6.05. The first-order chi connectivity index (χ1) is 12.5.